The molecule has 2 aliphatic rings. The van der Waals surface area contributed by atoms with E-state index in [9.17, 15) is 22.8 Å². The Morgan fingerprint density at radius 1 is 1.12 bits per heavy atom. The van der Waals surface area contributed by atoms with Gasteiger partial charge in [-0.3, -0.25) is 9.59 Å². The van der Waals surface area contributed by atoms with Gasteiger partial charge in [-0.2, -0.15) is 13.2 Å². The van der Waals surface area contributed by atoms with E-state index in [4.69, 9.17) is 0 Å². The summed E-state index contributed by atoms with van der Waals surface area (Å²) in [5.41, 5.74) is 0.229. The van der Waals surface area contributed by atoms with Gasteiger partial charge in [0.2, 0.25) is 5.91 Å². The highest BCUT2D eigenvalue weighted by molar-refractivity contribution is 8.04. The quantitative estimate of drug-likeness (QED) is 0.509. The molecule has 1 heterocycles. The van der Waals surface area contributed by atoms with Crippen molar-refractivity contribution in [3.63, 3.8) is 0 Å². The molecule has 0 N–H and O–H groups in total. The van der Waals surface area contributed by atoms with E-state index in [2.05, 4.69) is 0 Å². The standard InChI is InChI=1S/C25H25F3N2O2S/c1-29(19-10-3-2-4-11-19)23(31)15-22-24(32)30(20-12-5-6-13-21(20)33-22)16-17-8-7-9-18(14-17)25(26,27)28/h5-9,12-15,19H,2-4,10-11,16H2,1H3. The number of anilines is 1. The van der Waals surface area contributed by atoms with Crippen molar-refractivity contribution in [3.05, 3.63) is 70.6 Å². The third kappa shape index (κ3) is 5.27. The van der Waals surface area contributed by atoms with Crippen molar-refractivity contribution >= 4 is 29.3 Å². The minimum Gasteiger partial charge on any atom is -0.339 e. The van der Waals surface area contributed by atoms with Crippen molar-refractivity contribution in [2.24, 2.45) is 0 Å². The molecule has 0 aromatic heterocycles. The van der Waals surface area contributed by atoms with Crippen molar-refractivity contribution in [1.29, 1.82) is 0 Å². The molecule has 1 aliphatic heterocycles. The average Bonchev–Trinajstić information content (AvgIpc) is 2.81. The number of fused-ring (bicyclic) bond motifs is 1. The van der Waals surface area contributed by atoms with Gasteiger partial charge in [-0.25, -0.2) is 0 Å². The number of nitrogens with zero attached hydrogens (tertiary/aromatic N) is 2. The third-order valence-electron chi connectivity index (χ3n) is 6.15. The van der Waals surface area contributed by atoms with E-state index >= 15 is 0 Å². The summed E-state index contributed by atoms with van der Waals surface area (Å²) in [5, 5.41) is 0. The Hall–Kier alpha value is -2.74. The van der Waals surface area contributed by atoms with Crippen LogP contribution in [0.15, 0.2) is 64.4 Å². The van der Waals surface area contributed by atoms with Crippen LogP contribution in [0.1, 0.15) is 43.2 Å². The fraction of sp³-hybridized carbons (Fsp3) is 0.360. The molecule has 4 nitrogen and oxygen atoms in total. The summed E-state index contributed by atoms with van der Waals surface area (Å²) in [6.07, 6.45) is 2.17. The molecule has 0 atom stereocenters. The van der Waals surface area contributed by atoms with Gasteiger partial charge in [0.25, 0.3) is 5.91 Å². The van der Waals surface area contributed by atoms with Crippen LogP contribution in [0.5, 0.6) is 0 Å². The van der Waals surface area contributed by atoms with Gasteiger partial charge >= 0.3 is 6.18 Å². The van der Waals surface area contributed by atoms with E-state index < -0.39 is 11.7 Å². The molecule has 8 heteroatoms. The second kappa shape index (κ2) is 9.63. The van der Waals surface area contributed by atoms with Gasteiger partial charge in [0.1, 0.15) is 0 Å². The highest BCUT2D eigenvalue weighted by Gasteiger charge is 2.33. The fourth-order valence-corrected chi connectivity index (χ4v) is 5.33. The molecule has 0 radical (unpaired) electrons. The van der Waals surface area contributed by atoms with Gasteiger partial charge in [0, 0.05) is 24.1 Å². The Kier molecular flexibility index (Phi) is 6.83. The zero-order chi connectivity index (χ0) is 23.6. The smallest absolute Gasteiger partial charge is 0.339 e. The number of carbonyl (C=O) groups is 2. The number of hydrogen-bond donors (Lipinski definition) is 0. The molecule has 1 aliphatic carbocycles. The molecule has 33 heavy (non-hydrogen) atoms. The number of alkyl halides is 3. The van der Waals surface area contributed by atoms with Crippen LogP contribution >= 0.6 is 11.8 Å². The van der Waals surface area contributed by atoms with Gasteiger partial charge < -0.3 is 9.80 Å². The second-order valence-electron chi connectivity index (χ2n) is 8.41. The number of thioether (sulfide) groups is 1. The summed E-state index contributed by atoms with van der Waals surface area (Å²) >= 11 is 1.22. The molecule has 0 spiro atoms. The lowest BCUT2D eigenvalue weighted by molar-refractivity contribution is -0.137. The lowest BCUT2D eigenvalue weighted by atomic mass is 9.94. The molecular formula is C25H25F3N2O2S. The van der Waals surface area contributed by atoms with E-state index in [-0.39, 0.29) is 29.3 Å². The van der Waals surface area contributed by atoms with E-state index in [1.165, 1.54) is 35.2 Å². The number of para-hydroxylation sites is 1. The van der Waals surface area contributed by atoms with Crippen LogP contribution in [-0.4, -0.2) is 29.8 Å². The van der Waals surface area contributed by atoms with Crippen molar-refractivity contribution in [2.75, 3.05) is 11.9 Å². The van der Waals surface area contributed by atoms with Crippen LogP contribution < -0.4 is 4.90 Å². The Morgan fingerprint density at radius 2 is 1.85 bits per heavy atom. The largest absolute Gasteiger partial charge is 0.416 e. The first kappa shape index (κ1) is 23.4. The fourth-order valence-electron chi connectivity index (χ4n) is 4.31. The maximum absolute atomic E-state index is 13.4. The predicted octanol–water partition coefficient (Wildman–Crippen LogP) is 6.02. The first-order valence-electron chi connectivity index (χ1n) is 11.0. The number of hydrogen-bond acceptors (Lipinski definition) is 3. The Morgan fingerprint density at radius 3 is 2.58 bits per heavy atom. The summed E-state index contributed by atoms with van der Waals surface area (Å²) in [6, 6.07) is 12.4. The van der Waals surface area contributed by atoms with Crippen molar-refractivity contribution < 1.29 is 22.8 Å². The molecule has 2 amide bonds. The number of halogens is 3. The van der Waals surface area contributed by atoms with Gasteiger partial charge in [0.15, 0.2) is 0 Å². The molecule has 0 unspecified atom stereocenters. The van der Waals surface area contributed by atoms with Gasteiger partial charge in [-0.05, 0) is 42.7 Å². The summed E-state index contributed by atoms with van der Waals surface area (Å²) in [5.74, 6) is -0.613. The zero-order valence-electron chi connectivity index (χ0n) is 18.3. The third-order valence-corrected chi connectivity index (χ3v) is 7.23. The van der Waals surface area contributed by atoms with Crippen molar-refractivity contribution in [2.45, 2.75) is 55.8 Å². The minimum absolute atomic E-state index is 0.0235. The van der Waals surface area contributed by atoms with E-state index in [1.54, 1.807) is 30.1 Å². The van der Waals surface area contributed by atoms with Crippen LogP contribution in [0.4, 0.5) is 18.9 Å². The monoisotopic (exact) mass is 474 g/mol. The van der Waals surface area contributed by atoms with Crippen LogP contribution in [0.2, 0.25) is 0 Å². The molecule has 4 rings (SSSR count). The van der Waals surface area contributed by atoms with Crippen molar-refractivity contribution in [3.8, 4) is 0 Å². The molecule has 1 saturated carbocycles. The average molecular weight is 475 g/mol. The lowest BCUT2D eigenvalue weighted by Crippen LogP contribution is -2.38. The number of carbonyl (C=O) groups excluding carboxylic acids is 2. The molecule has 1 fully saturated rings. The Labute approximate surface area is 195 Å². The van der Waals surface area contributed by atoms with Gasteiger partial charge in [0.05, 0.1) is 22.7 Å². The first-order valence-corrected chi connectivity index (χ1v) is 11.8. The maximum Gasteiger partial charge on any atom is 0.416 e. The molecule has 174 valence electrons. The second-order valence-corrected chi connectivity index (χ2v) is 9.49. The summed E-state index contributed by atoms with van der Waals surface area (Å²) in [6.45, 7) is -0.0235. The first-order chi connectivity index (χ1) is 15.7. The molecule has 2 aromatic carbocycles. The van der Waals surface area contributed by atoms with E-state index in [0.717, 1.165) is 42.7 Å². The van der Waals surface area contributed by atoms with E-state index in [1.807, 2.05) is 12.1 Å². The molecule has 0 bridgehead atoms. The highest BCUT2D eigenvalue weighted by Crippen LogP contribution is 2.42. The zero-order valence-corrected chi connectivity index (χ0v) is 19.1. The molecular weight excluding hydrogens is 449 g/mol. The van der Waals surface area contributed by atoms with Gasteiger partial charge in [-0.15, -0.1) is 0 Å². The summed E-state index contributed by atoms with van der Waals surface area (Å²) in [4.78, 5) is 30.5. The molecule has 0 saturated heterocycles. The summed E-state index contributed by atoms with van der Waals surface area (Å²) < 4.78 is 39.5. The predicted molar refractivity (Wildman–Crippen MR) is 123 cm³/mol. The summed E-state index contributed by atoms with van der Waals surface area (Å²) in [7, 11) is 1.77. The van der Waals surface area contributed by atoms with Crippen LogP contribution in [0.25, 0.3) is 0 Å². The lowest BCUT2D eigenvalue weighted by Gasteiger charge is -2.32. The Bertz CT molecular complexity index is 1080. The van der Waals surface area contributed by atoms with Crippen LogP contribution in [0.3, 0.4) is 0 Å². The number of amides is 2. The highest BCUT2D eigenvalue weighted by atomic mass is 32.2. The maximum atomic E-state index is 13.4. The molecule has 2 aromatic rings. The van der Waals surface area contributed by atoms with E-state index in [0.29, 0.717) is 11.3 Å². The SMILES string of the molecule is CN(C(=O)C=C1Sc2ccccc2N(Cc2cccc(C(F)(F)F)c2)C1=O)C1CCCCC1. The Balaban J connectivity index is 1.62. The van der Waals surface area contributed by atoms with Crippen molar-refractivity contribution in [1.82, 2.24) is 4.90 Å². The number of rotatable bonds is 4. The number of likely N-dealkylation sites (N-methyl/N-ethyl adjacent to an activating group) is 1. The van der Waals surface area contributed by atoms with Crippen LogP contribution in [0, 0.1) is 0 Å². The normalized spacial score (nSPS) is 18.4. The number of benzene rings is 2. The topological polar surface area (TPSA) is 40.6 Å². The van der Waals surface area contributed by atoms with Crippen LogP contribution in [-0.2, 0) is 22.3 Å². The van der Waals surface area contributed by atoms with Gasteiger partial charge in [-0.1, -0.05) is 55.3 Å². The minimum atomic E-state index is -4.46.